The highest BCUT2D eigenvalue weighted by Crippen LogP contribution is 2.35. The van der Waals surface area contributed by atoms with Crippen LogP contribution in [0.5, 0.6) is 0 Å². The Kier molecular flexibility index (Phi) is 2.59. The molecule has 1 aliphatic rings. The van der Waals surface area contributed by atoms with Crippen molar-refractivity contribution in [2.75, 3.05) is 10.6 Å². The van der Waals surface area contributed by atoms with Gasteiger partial charge in [0, 0.05) is 23.0 Å². The minimum absolute atomic E-state index is 0.0847. The number of carbonyl (C=O) groups is 1. The lowest BCUT2D eigenvalue weighted by Crippen LogP contribution is -2.35. The second-order valence-corrected chi connectivity index (χ2v) is 5.05. The lowest BCUT2D eigenvalue weighted by atomic mass is 10.1. The van der Waals surface area contributed by atoms with Gasteiger partial charge in [0.05, 0.1) is 6.26 Å². The van der Waals surface area contributed by atoms with E-state index in [0.717, 1.165) is 28.9 Å². The summed E-state index contributed by atoms with van der Waals surface area (Å²) in [7, 11) is 0. The number of fused-ring (bicyclic) bond motifs is 1. The van der Waals surface area contributed by atoms with Crippen molar-refractivity contribution in [1.29, 1.82) is 0 Å². The molecular formula is C15H16N2O2. The number of nitrogens with two attached hydrogens (primary N) is 1. The van der Waals surface area contributed by atoms with Gasteiger partial charge in [-0.2, -0.15) is 0 Å². The van der Waals surface area contributed by atoms with Gasteiger partial charge in [-0.05, 0) is 50.1 Å². The molecule has 2 N–H and O–H groups in total. The van der Waals surface area contributed by atoms with Crippen LogP contribution in [0.2, 0.25) is 0 Å². The highest BCUT2D eigenvalue weighted by Gasteiger charge is 2.33. The van der Waals surface area contributed by atoms with E-state index in [-0.39, 0.29) is 11.9 Å². The van der Waals surface area contributed by atoms with E-state index in [0.29, 0.717) is 5.76 Å². The second-order valence-electron chi connectivity index (χ2n) is 5.05. The molecule has 1 aliphatic heterocycles. The van der Waals surface area contributed by atoms with Gasteiger partial charge in [-0.25, -0.2) is 0 Å². The van der Waals surface area contributed by atoms with E-state index in [2.05, 4.69) is 0 Å². The van der Waals surface area contributed by atoms with E-state index in [1.807, 2.05) is 32.0 Å². The van der Waals surface area contributed by atoms with Crippen molar-refractivity contribution in [1.82, 2.24) is 0 Å². The van der Waals surface area contributed by atoms with Gasteiger partial charge in [0.25, 0.3) is 5.91 Å². The Morgan fingerprint density at radius 1 is 1.42 bits per heavy atom. The highest BCUT2D eigenvalue weighted by atomic mass is 16.3. The molecule has 0 saturated carbocycles. The van der Waals surface area contributed by atoms with Crippen LogP contribution < -0.4 is 10.6 Å². The van der Waals surface area contributed by atoms with Crippen LogP contribution in [0.4, 0.5) is 11.4 Å². The first kappa shape index (κ1) is 11.8. The molecule has 0 bridgehead atoms. The molecule has 0 aliphatic carbocycles. The molecule has 1 atom stereocenters. The molecule has 0 saturated heterocycles. The zero-order valence-corrected chi connectivity index (χ0v) is 11.0. The number of nitrogens with zero attached hydrogens (tertiary/aromatic N) is 1. The maximum atomic E-state index is 12.6. The zero-order valence-electron chi connectivity index (χ0n) is 11.0. The molecule has 1 aromatic carbocycles. The van der Waals surface area contributed by atoms with Crippen molar-refractivity contribution in [3.63, 3.8) is 0 Å². The van der Waals surface area contributed by atoms with Gasteiger partial charge < -0.3 is 15.1 Å². The largest absolute Gasteiger partial charge is 0.459 e. The summed E-state index contributed by atoms with van der Waals surface area (Å²) in [5, 5.41) is 0. The van der Waals surface area contributed by atoms with E-state index in [4.69, 9.17) is 10.2 Å². The number of hydrogen-bond donors (Lipinski definition) is 1. The summed E-state index contributed by atoms with van der Waals surface area (Å²) in [6.45, 7) is 3.91. The molecule has 1 amide bonds. The average Bonchev–Trinajstić information content (AvgIpc) is 2.90. The Hall–Kier alpha value is -2.23. The van der Waals surface area contributed by atoms with Crippen molar-refractivity contribution in [2.45, 2.75) is 26.3 Å². The van der Waals surface area contributed by atoms with Crippen molar-refractivity contribution in [2.24, 2.45) is 0 Å². The Labute approximate surface area is 111 Å². The second kappa shape index (κ2) is 4.16. The van der Waals surface area contributed by atoms with E-state index >= 15 is 0 Å². The quantitative estimate of drug-likeness (QED) is 0.798. The topological polar surface area (TPSA) is 59.5 Å². The van der Waals surface area contributed by atoms with Gasteiger partial charge in [-0.3, -0.25) is 4.79 Å². The Morgan fingerprint density at radius 3 is 2.89 bits per heavy atom. The fourth-order valence-electron chi connectivity index (χ4n) is 2.66. The minimum atomic E-state index is -0.0847. The van der Waals surface area contributed by atoms with Crippen LogP contribution in [0, 0.1) is 6.92 Å². The first-order chi connectivity index (χ1) is 9.08. The number of amides is 1. The summed E-state index contributed by atoms with van der Waals surface area (Å²) in [5.41, 5.74) is 9.44. The first-order valence-electron chi connectivity index (χ1n) is 6.34. The number of hydrogen-bond acceptors (Lipinski definition) is 3. The van der Waals surface area contributed by atoms with E-state index in [1.54, 1.807) is 17.2 Å². The van der Waals surface area contributed by atoms with Crippen molar-refractivity contribution >= 4 is 17.3 Å². The lowest BCUT2D eigenvalue weighted by molar-refractivity contribution is 0.0954. The van der Waals surface area contributed by atoms with Crippen LogP contribution in [0.3, 0.4) is 0 Å². The molecule has 2 aromatic rings. The SMILES string of the molecule is Cc1ccoc1C(=O)N1c2ccc(N)cc2CC1C. The third-order valence-corrected chi connectivity index (χ3v) is 3.59. The Morgan fingerprint density at radius 2 is 2.21 bits per heavy atom. The Balaban J connectivity index is 2.03. The number of aryl methyl sites for hydroxylation is 1. The third kappa shape index (κ3) is 1.80. The van der Waals surface area contributed by atoms with Crippen LogP contribution in [0.15, 0.2) is 34.9 Å². The van der Waals surface area contributed by atoms with Crippen LogP contribution in [-0.4, -0.2) is 11.9 Å². The van der Waals surface area contributed by atoms with Crippen LogP contribution in [0.25, 0.3) is 0 Å². The van der Waals surface area contributed by atoms with Gasteiger partial charge in [-0.1, -0.05) is 0 Å². The number of carbonyl (C=O) groups excluding carboxylic acids is 1. The zero-order chi connectivity index (χ0) is 13.6. The Bertz CT molecular complexity index is 645. The summed E-state index contributed by atoms with van der Waals surface area (Å²) in [6, 6.07) is 7.59. The summed E-state index contributed by atoms with van der Waals surface area (Å²) < 4.78 is 5.31. The molecule has 2 heterocycles. The summed E-state index contributed by atoms with van der Waals surface area (Å²) >= 11 is 0. The van der Waals surface area contributed by atoms with Gasteiger partial charge in [-0.15, -0.1) is 0 Å². The number of nitrogen functional groups attached to an aromatic ring is 1. The maximum Gasteiger partial charge on any atom is 0.294 e. The molecule has 19 heavy (non-hydrogen) atoms. The van der Waals surface area contributed by atoms with E-state index in [1.165, 1.54) is 0 Å². The maximum absolute atomic E-state index is 12.6. The summed E-state index contributed by atoms with van der Waals surface area (Å²) in [4.78, 5) is 14.4. The molecule has 0 spiro atoms. The van der Waals surface area contributed by atoms with Gasteiger partial charge in [0.2, 0.25) is 0 Å². The minimum Gasteiger partial charge on any atom is -0.459 e. The van der Waals surface area contributed by atoms with Crippen LogP contribution in [-0.2, 0) is 6.42 Å². The molecule has 3 rings (SSSR count). The molecule has 0 fully saturated rings. The number of rotatable bonds is 1. The lowest BCUT2D eigenvalue weighted by Gasteiger charge is -2.21. The fourth-order valence-corrected chi connectivity index (χ4v) is 2.66. The highest BCUT2D eigenvalue weighted by molar-refractivity contribution is 6.06. The molecule has 0 radical (unpaired) electrons. The fraction of sp³-hybridized carbons (Fsp3) is 0.267. The van der Waals surface area contributed by atoms with Crippen LogP contribution >= 0.6 is 0 Å². The standard InChI is InChI=1S/C15H16N2O2/c1-9-5-6-19-14(9)15(18)17-10(2)7-11-8-12(16)3-4-13(11)17/h3-6,8,10H,7,16H2,1-2H3. The summed E-state index contributed by atoms with van der Waals surface area (Å²) in [6.07, 6.45) is 2.37. The third-order valence-electron chi connectivity index (χ3n) is 3.59. The van der Waals surface area contributed by atoms with Gasteiger partial charge >= 0.3 is 0 Å². The average molecular weight is 256 g/mol. The van der Waals surface area contributed by atoms with Gasteiger partial charge in [0.1, 0.15) is 0 Å². The predicted molar refractivity (Wildman–Crippen MR) is 74.3 cm³/mol. The molecular weight excluding hydrogens is 240 g/mol. The number of benzene rings is 1. The first-order valence-corrected chi connectivity index (χ1v) is 6.34. The summed E-state index contributed by atoms with van der Waals surface area (Å²) in [5.74, 6) is 0.329. The smallest absolute Gasteiger partial charge is 0.294 e. The molecule has 98 valence electrons. The van der Waals surface area contributed by atoms with Crippen molar-refractivity contribution in [3.8, 4) is 0 Å². The van der Waals surface area contributed by atoms with E-state index in [9.17, 15) is 4.79 Å². The number of furan rings is 1. The van der Waals surface area contributed by atoms with Gasteiger partial charge in [0.15, 0.2) is 5.76 Å². The van der Waals surface area contributed by atoms with Crippen LogP contribution in [0.1, 0.15) is 28.6 Å². The molecule has 4 heteroatoms. The monoisotopic (exact) mass is 256 g/mol. The van der Waals surface area contributed by atoms with Crippen molar-refractivity contribution < 1.29 is 9.21 Å². The molecule has 4 nitrogen and oxygen atoms in total. The molecule has 1 unspecified atom stereocenters. The van der Waals surface area contributed by atoms with Crippen molar-refractivity contribution in [3.05, 3.63) is 47.4 Å². The normalized spacial score (nSPS) is 17.6. The van der Waals surface area contributed by atoms with E-state index < -0.39 is 0 Å². The molecule has 1 aromatic heterocycles. The predicted octanol–water partition coefficient (Wildman–Crippen LogP) is 2.76. The number of anilines is 2.